The molecule has 0 aliphatic carbocycles. The minimum atomic E-state index is -0.343. The minimum Gasteiger partial charge on any atom is -0.494 e. The Balaban J connectivity index is 1.34. The van der Waals surface area contributed by atoms with Gasteiger partial charge in [-0.1, -0.05) is 22.9 Å². The molecule has 182 valence electrons. The lowest BCUT2D eigenvalue weighted by molar-refractivity contribution is -0.139. The summed E-state index contributed by atoms with van der Waals surface area (Å²) in [6.45, 7) is 4.09. The second-order valence-electron chi connectivity index (χ2n) is 8.50. The molecular formula is C24H24ClN5O4S. The number of fused-ring (bicyclic) bond motifs is 1. The fraction of sp³-hybridized carbons (Fsp3) is 0.375. The summed E-state index contributed by atoms with van der Waals surface area (Å²) in [5, 5.41) is 3.68. The number of pyridine rings is 2. The summed E-state index contributed by atoms with van der Waals surface area (Å²) in [6, 6.07) is 3.47. The van der Waals surface area contributed by atoms with Crippen LogP contribution in [-0.2, 0) is 22.6 Å². The normalized spacial score (nSPS) is 15.7. The summed E-state index contributed by atoms with van der Waals surface area (Å²) in [7, 11) is 1.54. The quantitative estimate of drug-likeness (QED) is 0.512. The van der Waals surface area contributed by atoms with Gasteiger partial charge < -0.3 is 14.4 Å². The zero-order valence-corrected chi connectivity index (χ0v) is 20.9. The number of rotatable bonds is 5. The minimum absolute atomic E-state index is 0.0167. The van der Waals surface area contributed by atoms with Crippen LogP contribution >= 0.6 is 22.9 Å². The molecule has 0 spiro atoms. The number of hydrogen-bond acceptors (Lipinski definition) is 8. The Morgan fingerprint density at radius 3 is 2.71 bits per heavy atom. The van der Waals surface area contributed by atoms with Crippen molar-refractivity contribution in [1.82, 2.24) is 19.9 Å². The van der Waals surface area contributed by atoms with Gasteiger partial charge in [-0.15, -0.1) is 0 Å². The number of hydrogen-bond donors (Lipinski definition) is 1. The van der Waals surface area contributed by atoms with Gasteiger partial charge in [0, 0.05) is 42.1 Å². The molecule has 5 rings (SSSR count). The molecule has 1 fully saturated rings. The van der Waals surface area contributed by atoms with Crippen molar-refractivity contribution in [2.24, 2.45) is 5.92 Å². The van der Waals surface area contributed by atoms with Crippen molar-refractivity contribution < 1.29 is 19.1 Å². The van der Waals surface area contributed by atoms with Gasteiger partial charge in [0.15, 0.2) is 5.13 Å². The lowest BCUT2D eigenvalue weighted by Crippen LogP contribution is -2.35. The molecule has 0 aromatic carbocycles. The molecule has 0 bridgehead atoms. The van der Waals surface area contributed by atoms with E-state index in [0.717, 1.165) is 29.1 Å². The third-order valence-electron chi connectivity index (χ3n) is 6.19. The predicted octanol–water partition coefficient (Wildman–Crippen LogP) is 4.09. The number of thiazole rings is 1. The highest BCUT2D eigenvalue weighted by Crippen LogP contribution is 2.36. The first-order chi connectivity index (χ1) is 16.9. The molecule has 2 amide bonds. The Labute approximate surface area is 211 Å². The second kappa shape index (κ2) is 9.88. The predicted molar refractivity (Wildman–Crippen MR) is 132 cm³/mol. The maximum Gasteiger partial charge on any atom is 0.259 e. The number of carbonyl (C=O) groups is 2. The monoisotopic (exact) mass is 513 g/mol. The van der Waals surface area contributed by atoms with E-state index in [0.29, 0.717) is 53.9 Å². The third-order valence-corrected chi connectivity index (χ3v) is 7.39. The molecule has 0 saturated carbocycles. The molecule has 1 saturated heterocycles. The van der Waals surface area contributed by atoms with E-state index in [4.69, 9.17) is 21.1 Å². The van der Waals surface area contributed by atoms with Crippen LogP contribution in [0.1, 0.15) is 39.5 Å². The number of carbonyl (C=O) groups excluding carboxylic acids is 2. The number of ether oxygens (including phenoxy) is 2. The number of aryl methyl sites for hydroxylation is 1. The Morgan fingerprint density at radius 1 is 1.17 bits per heavy atom. The third kappa shape index (κ3) is 4.86. The zero-order chi connectivity index (χ0) is 24.5. The van der Waals surface area contributed by atoms with E-state index in [1.165, 1.54) is 30.8 Å². The summed E-state index contributed by atoms with van der Waals surface area (Å²) in [6.07, 6.45) is 4.58. The molecule has 0 atom stereocenters. The first-order valence-corrected chi connectivity index (χ1v) is 12.5. The van der Waals surface area contributed by atoms with Crippen molar-refractivity contribution in [3.63, 3.8) is 0 Å². The van der Waals surface area contributed by atoms with E-state index in [2.05, 4.69) is 20.3 Å². The van der Waals surface area contributed by atoms with Crippen LogP contribution in [0.4, 0.5) is 5.13 Å². The van der Waals surface area contributed by atoms with Crippen molar-refractivity contribution >= 4 is 39.9 Å². The van der Waals surface area contributed by atoms with E-state index in [1.54, 1.807) is 6.07 Å². The lowest BCUT2D eigenvalue weighted by Gasteiger charge is -2.26. The second-order valence-corrected chi connectivity index (χ2v) is 9.97. The summed E-state index contributed by atoms with van der Waals surface area (Å²) < 4.78 is 10.8. The fourth-order valence-corrected chi connectivity index (χ4v) is 5.51. The summed E-state index contributed by atoms with van der Waals surface area (Å²) in [5.74, 6) is 0.328. The van der Waals surface area contributed by atoms with Gasteiger partial charge in [-0.2, -0.15) is 0 Å². The number of anilines is 1. The SMILES string of the molecule is COc1cnc(Cl)cc1-c1cc(C)ncc1C(=O)Nc1nc2c(s1)CN(C(=O)C1CCOCC1)C2. The summed E-state index contributed by atoms with van der Waals surface area (Å²) in [5.41, 5.74) is 3.22. The van der Waals surface area contributed by atoms with Crippen molar-refractivity contribution in [3.8, 4) is 16.9 Å². The molecule has 35 heavy (non-hydrogen) atoms. The molecule has 3 aromatic rings. The van der Waals surface area contributed by atoms with E-state index in [1.807, 2.05) is 17.9 Å². The van der Waals surface area contributed by atoms with E-state index in [9.17, 15) is 9.59 Å². The lowest BCUT2D eigenvalue weighted by atomic mass is 9.99. The Kier molecular flexibility index (Phi) is 6.68. The average Bonchev–Trinajstić information content (AvgIpc) is 3.42. The van der Waals surface area contributed by atoms with Crippen molar-refractivity contribution in [3.05, 3.63) is 51.5 Å². The van der Waals surface area contributed by atoms with Crippen LogP contribution in [0.25, 0.3) is 11.1 Å². The van der Waals surface area contributed by atoms with Crippen LogP contribution in [0.3, 0.4) is 0 Å². The maximum absolute atomic E-state index is 13.3. The van der Waals surface area contributed by atoms with Crippen LogP contribution in [0, 0.1) is 12.8 Å². The van der Waals surface area contributed by atoms with Crippen LogP contribution in [0.2, 0.25) is 5.15 Å². The molecule has 2 aliphatic heterocycles. The van der Waals surface area contributed by atoms with E-state index < -0.39 is 0 Å². The molecule has 3 aromatic heterocycles. The van der Waals surface area contributed by atoms with Gasteiger partial charge in [0.2, 0.25) is 5.91 Å². The number of methoxy groups -OCH3 is 1. The van der Waals surface area contributed by atoms with Crippen molar-refractivity contribution in [1.29, 1.82) is 0 Å². The maximum atomic E-state index is 13.3. The standard InChI is InChI=1S/C24H24ClN5O4S/c1-13-7-15(16-8-21(25)27-10-19(16)33-2)17(9-26-13)22(31)29-24-28-18-11-30(12-20(18)35-24)23(32)14-3-5-34-6-4-14/h7-10,14H,3-6,11-12H2,1-2H3,(H,28,29,31). The molecule has 11 heteroatoms. The topological polar surface area (TPSA) is 107 Å². The van der Waals surface area contributed by atoms with Gasteiger partial charge in [-0.05, 0) is 31.9 Å². The number of nitrogens with one attached hydrogen (secondary N) is 1. The first-order valence-electron chi connectivity index (χ1n) is 11.3. The van der Waals surface area contributed by atoms with E-state index in [-0.39, 0.29) is 22.9 Å². The van der Waals surface area contributed by atoms with E-state index >= 15 is 0 Å². The summed E-state index contributed by atoms with van der Waals surface area (Å²) in [4.78, 5) is 41.9. The molecule has 0 radical (unpaired) electrons. The molecule has 9 nitrogen and oxygen atoms in total. The fourth-order valence-electron chi connectivity index (χ4n) is 4.37. The van der Waals surface area contributed by atoms with Gasteiger partial charge in [0.05, 0.1) is 42.5 Å². The largest absolute Gasteiger partial charge is 0.494 e. The van der Waals surface area contributed by atoms with Crippen molar-refractivity contribution in [2.75, 3.05) is 25.6 Å². The summed E-state index contributed by atoms with van der Waals surface area (Å²) >= 11 is 7.52. The van der Waals surface area contributed by atoms with Gasteiger partial charge in [-0.3, -0.25) is 19.9 Å². The molecule has 0 unspecified atom stereocenters. The van der Waals surface area contributed by atoms with Crippen LogP contribution in [0.5, 0.6) is 5.75 Å². The zero-order valence-electron chi connectivity index (χ0n) is 19.3. The van der Waals surface area contributed by atoms with Crippen LogP contribution < -0.4 is 10.1 Å². The average molecular weight is 514 g/mol. The number of aromatic nitrogens is 3. The first kappa shape index (κ1) is 23.7. The Morgan fingerprint density at radius 2 is 1.97 bits per heavy atom. The molecular weight excluding hydrogens is 490 g/mol. The van der Waals surface area contributed by atoms with Gasteiger partial charge >= 0.3 is 0 Å². The van der Waals surface area contributed by atoms with Crippen LogP contribution in [0.15, 0.2) is 24.5 Å². The van der Waals surface area contributed by atoms with Crippen LogP contribution in [-0.4, -0.2) is 52.0 Å². The number of nitrogens with zero attached hydrogens (tertiary/aromatic N) is 4. The number of halogens is 1. The smallest absolute Gasteiger partial charge is 0.259 e. The van der Waals surface area contributed by atoms with Gasteiger partial charge in [0.25, 0.3) is 5.91 Å². The van der Waals surface area contributed by atoms with Gasteiger partial charge in [-0.25, -0.2) is 9.97 Å². The van der Waals surface area contributed by atoms with Crippen molar-refractivity contribution in [2.45, 2.75) is 32.9 Å². The highest BCUT2D eigenvalue weighted by Gasteiger charge is 2.32. The molecule has 2 aliphatic rings. The molecule has 5 heterocycles. The Hall–Kier alpha value is -3.08. The van der Waals surface area contributed by atoms with Gasteiger partial charge in [0.1, 0.15) is 10.9 Å². The number of amides is 2. The molecule has 1 N–H and O–H groups in total. The highest BCUT2D eigenvalue weighted by atomic mass is 35.5. The Bertz CT molecular complexity index is 1270. The highest BCUT2D eigenvalue weighted by molar-refractivity contribution is 7.16.